The van der Waals surface area contributed by atoms with E-state index in [1.807, 2.05) is 19.9 Å². The molecule has 0 bridgehead atoms. The van der Waals surface area contributed by atoms with Gasteiger partial charge in [0.25, 0.3) is 5.56 Å². The Balaban J connectivity index is 3.80. The van der Waals surface area contributed by atoms with Gasteiger partial charge in [-0.25, -0.2) is 0 Å². The molecule has 1 aromatic rings. The minimum Gasteiger partial charge on any atom is -0.384 e. The molecule has 90 valence electrons. The van der Waals surface area contributed by atoms with Crippen LogP contribution in [0.15, 0.2) is 4.79 Å². The van der Waals surface area contributed by atoms with Crippen LogP contribution in [-0.2, 0) is 0 Å². The number of aldehydes is 1. The monoisotopic (exact) mass is 233 g/mol. The quantitative estimate of drug-likeness (QED) is 0.799. The summed E-state index contributed by atoms with van der Waals surface area (Å²) in [6.07, 6.45) is 1.28. The maximum Gasteiger partial charge on any atom is 0.270 e. The molecule has 0 aliphatic carbocycles. The second kappa shape index (κ2) is 4.83. The second-order valence-electron chi connectivity index (χ2n) is 3.96. The lowest BCUT2D eigenvalue weighted by molar-refractivity contribution is 0.112. The van der Waals surface area contributed by atoms with Crippen LogP contribution in [0.4, 0.5) is 5.82 Å². The van der Waals surface area contributed by atoms with Crippen LogP contribution in [0.5, 0.6) is 0 Å². The van der Waals surface area contributed by atoms with Gasteiger partial charge in [0.15, 0.2) is 6.29 Å². The molecule has 0 radical (unpaired) electrons. The molecule has 1 heterocycles. The van der Waals surface area contributed by atoms with Crippen molar-refractivity contribution in [2.45, 2.75) is 33.2 Å². The van der Waals surface area contributed by atoms with Gasteiger partial charge in [0.1, 0.15) is 17.5 Å². The van der Waals surface area contributed by atoms with Crippen LogP contribution in [0.1, 0.15) is 47.8 Å². The van der Waals surface area contributed by atoms with Crippen LogP contribution in [0.25, 0.3) is 0 Å². The molecular weight excluding hydrogens is 218 g/mol. The Morgan fingerprint density at radius 3 is 2.59 bits per heavy atom. The number of aromatic nitrogens is 1. The zero-order valence-corrected chi connectivity index (χ0v) is 10.2. The first kappa shape index (κ1) is 13.0. The van der Waals surface area contributed by atoms with Gasteiger partial charge >= 0.3 is 0 Å². The summed E-state index contributed by atoms with van der Waals surface area (Å²) in [5.41, 5.74) is 5.95. The maximum absolute atomic E-state index is 12.1. The average Bonchev–Trinajstić information content (AvgIpc) is 2.29. The molecule has 1 rings (SSSR count). The molecule has 1 atom stereocenters. The van der Waals surface area contributed by atoms with Gasteiger partial charge in [0, 0.05) is 6.04 Å². The van der Waals surface area contributed by atoms with Gasteiger partial charge in [0.05, 0.1) is 5.56 Å². The van der Waals surface area contributed by atoms with Crippen molar-refractivity contribution in [3.63, 3.8) is 0 Å². The van der Waals surface area contributed by atoms with Gasteiger partial charge in [-0.1, -0.05) is 6.92 Å². The lowest BCUT2D eigenvalue weighted by Crippen LogP contribution is -2.30. The van der Waals surface area contributed by atoms with Crippen molar-refractivity contribution in [2.24, 2.45) is 0 Å². The number of hydrogen-bond donors (Lipinski definition) is 1. The Labute approximate surface area is 99.5 Å². The van der Waals surface area contributed by atoms with Crippen molar-refractivity contribution in [1.82, 2.24) is 4.57 Å². The summed E-state index contributed by atoms with van der Waals surface area (Å²) in [6, 6.07) is 1.69. The Morgan fingerprint density at radius 1 is 1.59 bits per heavy atom. The SMILES string of the molecule is CCC(C)n1c(N)c(C=O)c(C)c(C#N)c1=O. The number of carbonyl (C=O) groups is 1. The van der Waals surface area contributed by atoms with Crippen molar-refractivity contribution in [3.05, 3.63) is 27.0 Å². The fraction of sp³-hybridized carbons (Fsp3) is 0.417. The van der Waals surface area contributed by atoms with Gasteiger partial charge in [-0.3, -0.25) is 14.2 Å². The number of pyridine rings is 1. The highest BCUT2D eigenvalue weighted by Gasteiger charge is 2.19. The van der Waals surface area contributed by atoms with E-state index in [1.54, 1.807) is 6.92 Å². The first-order valence-corrected chi connectivity index (χ1v) is 5.39. The summed E-state index contributed by atoms with van der Waals surface area (Å²) in [4.78, 5) is 23.0. The van der Waals surface area contributed by atoms with Crippen LogP contribution in [0.2, 0.25) is 0 Å². The van der Waals surface area contributed by atoms with Crippen LogP contribution in [0.3, 0.4) is 0 Å². The van der Waals surface area contributed by atoms with Gasteiger partial charge in [-0.05, 0) is 25.8 Å². The zero-order valence-electron chi connectivity index (χ0n) is 10.2. The molecule has 2 N–H and O–H groups in total. The molecule has 0 saturated heterocycles. The Hall–Kier alpha value is -2.09. The van der Waals surface area contributed by atoms with Crippen molar-refractivity contribution in [3.8, 4) is 6.07 Å². The number of nitrogen functional groups attached to an aromatic ring is 1. The summed E-state index contributed by atoms with van der Waals surface area (Å²) in [6.45, 7) is 5.28. The average molecular weight is 233 g/mol. The summed E-state index contributed by atoms with van der Waals surface area (Å²) in [5, 5.41) is 8.97. The first-order chi connectivity index (χ1) is 7.99. The van der Waals surface area contributed by atoms with E-state index in [2.05, 4.69) is 0 Å². The molecule has 1 unspecified atom stereocenters. The fourth-order valence-corrected chi connectivity index (χ4v) is 1.75. The van der Waals surface area contributed by atoms with Crippen molar-refractivity contribution >= 4 is 12.1 Å². The van der Waals surface area contributed by atoms with E-state index in [0.717, 1.165) is 0 Å². The maximum atomic E-state index is 12.1. The van der Waals surface area contributed by atoms with E-state index in [0.29, 0.717) is 18.3 Å². The largest absolute Gasteiger partial charge is 0.384 e. The minimum atomic E-state index is -0.428. The highest BCUT2D eigenvalue weighted by atomic mass is 16.1. The molecule has 0 fully saturated rings. The van der Waals surface area contributed by atoms with Gasteiger partial charge in [-0.15, -0.1) is 0 Å². The predicted molar refractivity (Wildman–Crippen MR) is 65.0 cm³/mol. The normalized spacial score (nSPS) is 11.9. The van der Waals surface area contributed by atoms with E-state index >= 15 is 0 Å². The van der Waals surface area contributed by atoms with Crippen molar-refractivity contribution in [2.75, 3.05) is 5.73 Å². The topological polar surface area (TPSA) is 88.9 Å². The fourth-order valence-electron chi connectivity index (χ4n) is 1.75. The Bertz CT molecular complexity index is 552. The minimum absolute atomic E-state index is 0.0124. The molecule has 0 aliphatic heterocycles. The van der Waals surface area contributed by atoms with E-state index in [1.165, 1.54) is 4.57 Å². The molecule has 1 aromatic heterocycles. The van der Waals surface area contributed by atoms with Crippen LogP contribution in [0, 0.1) is 18.3 Å². The molecule has 17 heavy (non-hydrogen) atoms. The number of hydrogen-bond acceptors (Lipinski definition) is 4. The summed E-state index contributed by atoms with van der Waals surface area (Å²) in [5.74, 6) is 0.135. The van der Waals surface area contributed by atoms with E-state index < -0.39 is 5.56 Å². The summed E-state index contributed by atoms with van der Waals surface area (Å²) < 4.78 is 1.31. The zero-order chi connectivity index (χ0) is 13.2. The van der Waals surface area contributed by atoms with Gasteiger partial charge in [-0.2, -0.15) is 5.26 Å². The second-order valence-corrected chi connectivity index (χ2v) is 3.96. The third-order valence-electron chi connectivity index (χ3n) is 3.01. The van der Waals surface area contributed by atoms with Gasteiger partial charge in [0.2, 0.25) is 0 Å². The van der Waals surface area contributed by atoms with Gasteiger partial charge < -0.3 is 5.73 Å². The Kier molecular flexibility index (Phi) is 3.69. The molecule has 0 aromatic carbocycles. The van der Waals surface area contributed by atoms with E-state index in [4.69, 9.17) is 11.0 Å². The molecule has 0 aliphatic rings. The van der Waals surface area contributed by atoms with Crippen molar-refractivity contribution in [1.29, 1.82) is 5.26 Å². The first-order valence-electron chi connectivity index (χ1n) is 5.39. The molecule has 5 heteroatoms. The van der Waals surface area contributed by atoms with E-state index in [-0.39, 0.29) is 23.0 Å². The Morgan fingerprint density at radius 2 is 2.18 bits per heavy atom. The van der Waals surface area contributed by atoms with Crippen LogP contribution < -0.4 is 11.3 Å². The molecule has 5 nitrogen and oxygen atoms in total. The summed E-state index contributed by atoms with van der Waals surface area (Å²) >= 11 is 0. The number of anilines is 1. The predicted octanol–water partition coefficient (Wildman–Crippen LogP) is 1.39. The summed E-state index contributed by atoms with van der Waals surface area (Å²) in [7, 11) is 0. The lowest BCUT2D eigenvalue weighted by Gasteiger charge is -2.19. The number of rotatable bonds is 3. The molecule has 0 amide bonds. The molecule has 0 spiro atoms. The number of nitriles is 1. The third kappa shape index (κ3) is 1.94. The molecule has 0 saturated carbocycles. The smallest absolute Gasteiger partial charge is 0.270 e. The number of nitrogens with two attached hydrogens (primary N) is 1. The number of nitrogens with zero attached hydrogens (tertiary/aromatic N) is 2. The molecular formula is C12H15N3O2. The van der Waals surface area contributed by atoms with Crippen molar-refractivity contribution < 1.29 is 4.79 Å². The van der Waals surface area contributed by atoms with E-state index in [9.17, 15) is 9.59 Å². The highest BCUT2D eigenvalue weighted by molar-refractivity contribution is 5.85. The highest BCUT2D eigenvalue weighted by Crippen LogP contribution is 2.20. The standard InChI is InChI=1S/C12H15N3O2/c1-4-7(2)15-11(14)10(6-16)8(3)9(5-13)12(15)17/h6-7H,4,14H2,1-3H3. The third-order valence-corrected chi connectivity index (χ3v) is 3.01. The van der Waals surface area contributed by atoms with Crippen LogP contribution >= 0.6 is 0 Å². The van der Waals surface area contributed by atoms with Crippen LogP contribution in [-0.4, -0.2) is 10.9 Å². The number of carbonyl (C=O) groups excluding carboxylic acids is 1. The lowest BCUT2D eigenvalue weighted by atomic mass is 10.0.